The van der Waals surface area contributed by atoms with Crippen LogP contribution in [0, 0.1) is 5.92 Å². The number of rotatable bonds is 6. The van der Waals surface area contributed by atoms with Crippen molar-refractivity contribution in [1.82, 2.24) is 4.90 Å². The van der Waals surface area contributed by atoms with Crippen molar-refractivity contribution in [1.29, 1.82) is 0 Å². The number of furan rings is 1. The van der Waals surface area contributed by atoms with Crippen LogP contribution in [-0.4, -0.2) is 42.4 Å². The number of carbonyl (C=O) groups is 3. The van der Waals surface area contributed by atoms with Gasteiger partial charge in [0.1, 0.15) is 6.26 Å². The molecule has 0 radical (unpaired) electrons. The van der Waals surface area contributed by atoms with Crippen LogP contribution < -0.4 is 5.32 Å². The molecule has 2 amide bonds. The molecule has 2 aromatic rings. The van der Waals surface area contributed by atoms with Gasteiger partial charge in [0.15, 0.2) is 0 Å². The van der Waals surface area contributed by atoms with Gasteiger partial charge in [0, 0.05) is 30.8 Å². The first-order valence-electron chi connectivity index (χ1n) is 9.64. The molecule has 1 N–H and O–H groups in total. The van der Waals surface area contributed by atoms with Gasteiger partial charge in [-0.1, -0.05) is 12.1 Å². The van der Waals surface area contributed by atoms with Crippen LogP contribution in [0.1, 0.15) is 35.7 Å². The Balaban J connectivity index is 1.48. The first-order chi connectivity index (χ1) is 14.1. The third-order valence-electron chi connectivity index (χ3n) is 4.80. The molecule has 3 rings (SSSR count). The van der Waals surface area contributed by atoms with E-state index in [1.807, 2.05) is 12.1 Å². The topological polar surface area (TPSA) is 88.9 Å². The lowest BCUT2D eigenvalue weighted by atomic mass is 9.95. The molecule has 2 heterocycles. The van der Waals surface area contributed by atoms with Crippen LogP contribution in [0.4, 0.5) is 5.69 Å². The summed E-state index contributed by atoms with van der Waals surface area (Å²) in [4.78, 5) is 38.0. The van der Waals surface area contributed by atoms with E-state index in [0.717, 1.165) is 5.56 Å². The Bertz CT molecular complexity index is 863. The fraction of sp³-hybridized carbons (Fsp3) is 0.318. The minimum atomic E-state index is -0.387. The predicted molar refractivity (Wildman–Crippen MR) is 108 cm³/mol. The van der Waals surface area contributed by atoms with Crippen LogP contribution in [0.3, 0.4) is 0 Å². The minimum Gasteiger partial charge on any atom is -0.472 e. The lowest BCUT2D eigenvalue weighted by Gasteiger charge is -2.31. The first kappa shape index (κ1) is 20.4. The maximum atomic E-state index is 12.5. The molecule has 152 valence electrons. The van der Waals surface area contributed by atoms with Crippen molar-refractivity contribution >= 4 is 29.5 Å². The lowest BCUT2D eigenvalue weighted by molar-refractivity contribution is -0.137. The van der Waals surface area contributed by atoms with E-state index < -0.39 is 0 Å². The third-order valence-corrected chi connectivity index (χ3v) is 4.80. The number of hydrogen-bond acceptors (Lipinski definition) is 5. The highest BCUT2D eigenvalue weighted by Gasteiger charge is 2.28. The van der Waals surface area contributed by atoms with Gasteiger partial charge in [-0.3, -0.25) is 9.59 Å². The molecule has 0 spiro atoms. The van der Waals surface area contributed by atoms with E-state index >= 15 is 0 Å². The average Bonchev–Trinajstić information content (AvgIpc) is 3.28. The highest BCUT2D eigenvalue weighted by molar-refractivity contribution is 5.95. The smallest absolute Gasteiger partial charge is 0.330 e. The van der Waals surface area contributed by atoms with Gasteiger partial charge in [0.2, 0.25) is 5.91 Å². The molecular weight excluding hydrogens is 372 g/mol. The summed E-state index contributed by atoms with van der Waals surface area (Å²) in [5.74, 6) is -0.631. The second-order valence-electron chi connectivity index (χ2n) is 6.78. The Kier molecular flexibility index (Phi) is 6.84. The summed E-state index contributed by atoms with van der Waals surface area (Å²) in [7, 11) is 0. The zero-order valence-corrected chi connectivity index (χ0v) is 16.3. The summed E-state index contributed by atoms with van der Waals surface area (Å²) in [6.45, 7) is 3.17. The van der Waals surface area contributed by atoms with E-state index in [0.29, 0.717) is 43.8 Å². The van der Waals surface area contributed by atoms with Gasteiger partial charge in [0.05, 0.1) is 18.4 Å². The number of esters is 1. The second-order valence-corrected chi connectivity index (χ2v) is 6.78. The normalized spacial score (nSPS) is 14.7. The van der Waals surface area contributed by atoms with Crippen molar-refractivity contribution in [2.75, 3.05) is 25.0 Å². The third kappa shape index (κ3) is 5.57. The molecule has 0 unspecified atom stereocenters. The number of carbonyl (C=O) groups excluding carboxylic acids is 3. The minimum absolute atomic E-state index is 0.0461. The fourth-order valence-corrected chi connectivity index (χ4v) is 3.19. The number of anilines is 1. The fourth-order valence-electron chi connectivity index (χ4n) is 3.19. The molecule has 7 heteroatoms. The molecular formula is C22H24N2O5. The van der Waals surface area contributed by atoms with Crippen molar-refractivity contribution in [2.24, 2.45) is 5.92 Å². The highest BCUT2D eigenvalue weighted by Crippen LogP contribution is 2.21. The number of nitrogens with one attached hydrogen (secondary N) is 1. The van der Waals surface area contributed by atoms with Crippen molar-refractivity contribution < 1.29 is 23.5 Å². The molecule has 0 bridgehead atoms. The molecule has 0 aliphatic carbocycles. The van der Waals surface area contributed by atoms with Gasteiger partial charge in [0.25, 0.3) is 5.91 Å². The molecule has 0 atom stereocenters. The van der Waals surface area contributed by atoms with Crippen LogP contribution in [-0.2, 0) is 14.3 Å². The number of likely N-dealkylation sites (tertiary alicyclic amines) is 1. The average molecular weight is 396 g/mol. The quantitative estimate of drug-likeness (QED) is 0.598. The number of amides is 2. The van der Waals surface area contributed by atoms with Crippen LogP contribution in [0.15, 0.2) is 53.4 Å². The standard InChI is InChI=1S/C22H24N2O5/c1-2-29-20(25)8-5-16-3-6-19(7-4-16)23-21(26)17-9-12-24(13-10-17)22(27)18-11-14-28-15-18/h3-8,11,14-15,17H,2,9-10,12-13H2,1H3,(H,23,26)/b8-5+. The molecule has 1 fully saturated rings. The Morgan fingerprint density at radius 3 is 2.52 bits per heavy atom. The molecule has 1 aliphatic rings. The number of ether oxygens (including phenoxy) is 1. The van der Waals surface area contributed by atoms with Gasteiger partial charge < -0.3 is 19.4 Å². The summed E-state index contributed by atoms with van der Waals surface area (Å²) in [6.07, 6.45) is 7.19. The Morgan fingerprint density at radius 2 is 1.90 bits per heavy atom. The summed E-state index contributed by atoms with van der Waals surface area (Å²) in [6, 6.07) is 8.86. The maximum Gasteiger partial charge on any atom is 0.330 e. The monoisotopic (exact) mass is 396 g/mol. The second kappa shape index (κ2) is 9.73. The molecule has 1 saturated heterocycles. The SMILES string of the molecule is CCOC(=O)/C=C/c1ccc(NC(=O)C2CCN(C(=O)c3ccoc3)CC2)cc1. The van der Waals surface area contributed by atoms with Gasteiger partial charge in [-0.25, -0.2) is 4.79 Å². The lowest BCUT2D eigenvalue weighted by Crippen LogP contribution is -2.41. The van der Waals surface area contributed by atoms with Gasteiger partial charge in [-0.05, 0) is 49.6 Å². The predicted octanol–water partition coefficient (Wildman–Crippen LogP) is 3.35. The van der Waals surface area contributed by atoms with Crippen LogP contribution in [0.5, 0.6) is 0 Å². The van der Waals surface area contributed by atoms with Crippen LogP contribution in [0.2, 0.25) is 0 Å². The summed E-state index contributed by atoms with van der Waals surface area (Å²) in [5.41, 5.74) is 2.06. The largest absolute Gasteiger partial charge is 0.472 e. The summed E-state index contributed by atoms with van der Waals surface area (Å²) >= 11 is 0. The van der Waals surface area contributed by atoms with Crippen LogP contribution >= 0.6 is 0 Å². The van der Waals surface area contributed by atoms with E-state index in [9.17, 15) is 14.4 Å². The number of nitrogens with zero attached hydrogens (tertiary/aromatic N) is 1. The zero-order chi connectivity index (χ0) is 20.6. The number of piperidine rings is 1. The highest BCUT2D eigenvalue weighted by atomic mass is 16.5. The number of benzene rings is 1. The Labute approximate surface area is 169 Å². The molecule has 1 aromatic heterocycles. The Morgan fingerprint density at radius 1 is 1.17 bits per heavy atom. The Hall–Kier alpha value is -3.35. The van der Waals surface area contributed by atoms with Crippen molar-refractivity contribution in [3.05, 3.63) is 60.1 Å². The van der Waals surface area contributed by atoms with Gasteiger partial charge in [-0.2, -0.15) is 0 Å². The molecule has 0 saturated carbocycles. The van der Waals surface area contributed by atoms with Gasteiger partial charge in [-0.15, -0.1) is 0 Å². The van der Waals surface area contributed by atoms with Crippen molar-refractivity contribution in [2.45, 2.75) is 19.8 Å². The van der Waals surface area contributed by atoms with Crippen LogP contribution in [0.25, 0.3) is 6.08 Å². The van der Waals surface area contributed by atoms with Crippen molar-refractivity contribution in [3.63, 3.8) is 0 Å². The zero-order valence-electron chi connectivity index (χ0n) is 16.3. The summed E-state index contributed by atoms with van der Waals surface area (Å²) < 4.78 is 9.80. The first-order valence-corrected chi connectivity index (χ1v) is 9.64. The van der Waals surface area contributed by atoms with E-state index in [4.69, 9.17) is 9.15 Å². The van der Waals surface area contributed by atoms with E-state index in [1.165, 1.54) is 18.6 Å². The summed E-state index contributed by atoms with van der Waals surface area (Å²) in [5, 5.41) is 2.92. The van der Waals surface area contributed by atoms with E-state index in [2.05, 4.69) is 5.32 Å². The molecule has 1 aromatic carbocycles. The number of hydrogen-bond donors (Lipinski definition) is 1. The maximum absolute atomic E-state index is 12.5. The van der Waals surface area contributed by atoms with E-state index in [1.54, 1.807) is 36.1 Å². The van der Waals surface area contributed by atoms with E-state index in [-0.39, 0.29) is 23.7 Å². The van der Waals surface area contributed by atoms with Gasteiger partial charge >= 0.3 is 5.97 Å². The molecule has 29 heavy (non-hydrogen) atoms. The van der Waals surface area contributed by atoms with Crippen molar-refractivity contribution in [3.8, 4) is 0 Å². The molecule has 1 aliphatic heterocycles. The molecule has 7 nitrogen and oxygen atoms in total.